The Bertz CT molecular complexity index is 506. The van der Waals surface area contributed by atoms with Crippen LogP contribution in [0.2, 0.25) is 0 Å². The van der Waals surface area contributed by atoms with Crippen molar-refractivity contribution in [3.63, 3.8) is 0 Å². The molecule has 1 atom stereocenters. The van der Waals surface area contributed by atoms with Crippen molar-refractivity contribution in [3.05, 3.63) is 9.48 Å². The fraction of sp³-hybridized carbons (Fsp3) is 0.545. The van der Waals surface area contributed by atoms with E-state index in [4.69, 9.17) is 4.74 Å². The molecule has 19 heavy (non-hydrogen) atoms. The normalized spacial score (nSPS) is 19.0. The monoisotopic (exact) mass is 364 g/mol. The lowest BCUT2D eigenvalue weighted by molar-refractivity contribution is -0.117. The number of ether oxygens (including phenoxy) is 1. The third-order valence-electron chi connectivity index (χ3n) is 2.74. The lowest BCUT2D eigenvalue weighted by Gasteiger charge is -2.11. The van der Waals surface area contributed by atoms with E-state index in [2.05, 4.69) is 33.5 Å². The van der Waals surface area contributed by atoms with Gasteiger partial charge in [0, 0.05) is 13.0 Å². The second kappa shape index (κ2) is 6.23. The Hall–Kier alpha value is -0.600. The maximum absolute atomic E-state index is 11.9. The summed E-state index contributed by atoms with van der Waals surface area (Å²) in [6, 6.07) is 0. The van der Waals surface area contributed by atoms with Gasteiger partial charge in [-0.15, -0.1) is 0 Å². The van der Waals surface area contributed by atoms with Gasteiger partial charge in [-0.25, -0.2) is 9.78 Å². The van der Waals surface area contributed by atoms with E-state index in [0.717, 1.165) is 0 Å². The molecule has 5 nitrogen and oxygen atoms in total. The van der Waals surface area contributed by atoms with Crippen LogP contribution < -0.4 is 4.90 Å². The first-order valence-electron chi connectivity index (χ1n) is 5.81. The molecular weight excluding hydrogens is 352 g/mol. The maximum atomic E-state index is 11.9. The van der Waals surface area contributed by atoms with Crippen LogP contribution in [0, 0.1) is 5.92 Å². The van der Waals surface area contributed by atoms with E-state index in [9.17, 15) is 9.59 Å². The van der Waals surface area contributed by atoms with Gasteiger partial charge in [-0.3, -0.25) is 9.69 Å². The summed E-state index contributed by atoms with van der Waals surface area (Å²) >= 11 is 8.77. The Kier molecular flexibility index (Phi) is 4.86. The molecule has 0 radical (unpaired) electrons. The Morgan fingerprint density at radius 3 is 3.00 bits per heavy atom. The quantitative estimate of drug-likeness (QED) is 0.658. The second-order valence-corrected chi connectivity index (χ2v) is 6.76. The zero-order chi connectivity index (χ0) is 14.0. The maximum Gasteiger partial charge on any atom is 0.359 e. The first kappa shape index (κ1) is 14.8. The number of thiazole rings is 1. The molecule has 2 rings (SSSR count). The highest BCUT2D eigenvalue weighted by molar-refractivity contribution is 9.11. The van der Waals surface area contributed by atoms with Gasteiger partial charge < -0.3 is 4.74 Å². The summed E-state index contributed by atoms with van der Waals surface area (Å²) < 4.78 is 5.50. The van der Waals surface area contributed by atoms with Crippen molar-refractivity contribution in [1.82, 2.24) is 4.98 Å². The van der Waals surface area contributed by atoms with Crippen LogP contribution in [0.25, 0.3) is 0 Å². The van der Waals surface area contributed by atoms with Gasteiger partial charge in [0.25, 0.3) is 0 Å². The average Bonchev–Trinajstić information content (AvgIpc) is 2.92. The predicted molar refractivity (Wildman–Crippen MR) is 80.1 cm³/mol. The Morgan fingerprint density at radius 1 is 1.68 bits per heavy atom. The number of halogens is 1. The molecule has 1 aliphatic heterocycles. The van der Waals surface area contributed by atoms with Gasteiger partial charge in [0.1, 0.15) is 3.79 Å². The molecule has 0 N–H and O–H groups in total. The summed E-state index contributed by atoms with van der Waals surface area (Å²) in [7, 11) is 0. The van der Waals surface area contributed by atoms with E-state index in [1.165, 1.54) is 11.3 Å². The van der Waals surface area contributed by atoms with Gasteiger partial charge in [-0.05, 0) is 34.5 Å². The first-order chi connectivity index (χ1) is 9.06. The molecule has 104 valence electrons. The van der Waals surface area contributed by atoms with Crippen molar-refractivity contribution in [2.45, 2.75) is 13.3 Å². The smallest absolute Gasteiger partial charge is 0.359 e. The molecule has 1 unspecified atom stereocenters. The molecule has 1 amide bonds. The molecule has 1 saturated heterocycles. The zero-order valence-corrected chi connectivity index (χ0v) is 13.6. The number of nitrogens with zero attached hydrogens (tertiary/aromatic N) is 2. The minimum Gasteiger partial charge on any atom is -0.461 e. The van der Waals surface area contributed by atoms with Gasteiger partial charge in [0.2, 0.25) is 5.91 Å². The summed E-state index contributed by atoms with van der Waals surface area (Å²) in [4.78, 5) is 29.4. The number of anilines is 1. The van der Waals surface area contributed by atoms with E-state index in [0.29, 0.717) is 34.2 Å². The summed E-state index contributed by atoms with van der Waals surface area (Å²) in [6.07, 6.45) is 0.482. The van der Waals surface area contributed by atoms with E-state index in [1.807, 2.05) is 0 Å². The van der Waals surface area contributed by atoms with Crippen molar-refractivity contribution >= 4 is 56.9 Å². The van der Waals surface area contributed by atoms with E-state index in [1.54, 1.807) is 11.8 Å². The van der Waals surface area contributed by atoms with E-state index < -0.39 is 5.97 Å². The van der Waals surface area contributed by atoms with Crippen molar-refractivity contribution in [1.29, 1.82) is 0 Å². The molecule has 0 spiro atoms. The average molecular weight is 365 g/mol. The number of thiol groups is 1. The minimum atomic E-state index is -0.478. The standard InChI is InChI=1S/C11H13BrN2O3S2/c1-2-17-10(16)8-9(12)19-11(13-8)14-4-6(5-18)3-7(14)15/h6,18H,2-5H2,1H3. The Balaban J connectivity index is 2.20. The predicted octanol–water partition coefficient (Wildman–Crippen LogP) is 2.37. The van der Waals surface area contributed by atoms with Crippen LogP contribution >= 0.6 is 39.9 Å². The van der Waals surface area contributed by atoms with Crippen molar-refractivity contribution in [2.75, 3.05) is 23.8 Å². The van der Waals surface area contributed by atoms with Gasteiger partial charge in [-0.2, -0.15) is 12.6 Å². The first-order valence-corrected chi connectivity index (χ1v) is 8.05. The summed E-state index contributed by atoms with van der Waals surface area (Å²) in [5.74, 6) is 0.453. The number of aromatic nitrogens is 1. The van der Waals surface area contributed by atoms with Crippen LogP contribution in [0.3, 0.4) is 0 Å². The number of hydrogen-bond donors (Lipinski definition) is 1. The van der Waals surface area contributed by atoms with Gasteiger partial charge in [0.15, 0.2) is 10.8 Å². The molecule has 8 heteroatoms. The van der Waals surface area contributed by atoms with Crippen LogP contribution in [-0.2, 0) is 9.53 Å². The molecule has 1 aliphatic rings. The molecule has 1 aromatic rings. The van der Waals surface area contributed by atoms with Crippen LogP contribution in [0.15, 0.2) is 3.79 Å². The molecule has 0 aromatic carbocycles. The second-order valence-electron chi connectivity index (χ2n) is 4.10. The number of carbonyl (C=O) groups excluding carboxylic acids is 2. The fourth-order valence-electron chi connectivity index (χ4n) is 1.82. The highest BCUT2D eigenvalue weighted by atomic mass is 79.9. The van der Waals surface area contributed by atoms with Crippen LogP contribution in [0.5, 0.6) is 0 Å². The topological polar surface area (TPSA) is 59.5 Å². The largest absolute Gasteiger partial charge is 0.461 e. The molecule has 1 aromatic heterocycles. The molecule has 2 heterocycles. The summed E-state index contributed by atoms with van der Waals surface area (Å²) in [5.41, 5.74) is 0.226. The number of hydrogen-bond acceptors (Lipinski definition) is 6. The molecule has 0 aliphatic carbocycles. The van der Waals surface area contributed by atoms with Crippen molar-refractivity contribution in [2.24, 2.45) is 5.92 Å². The van der Waals surface area contributed by atoms with Crippen LogP contribution in [0.4, 0.5) is 5.13 Å². The molecule has 1 fully saturated rings. The highest BCUT2D eigenvalue weighted by Gasteiger charge is 2.32. The number of carbonyl (C=O) groups is 2. The third kappa shape index (κ3) is 3.11. The molecule has 0 saturated carbocycles. The summed E-state index contributed by atoms with van der Waals surface area (Å²) in [5, 5.41) is 0.532. The summed E-state index contributed by atoms with van der Waals surface area (Å²) in [6.45, 7) is 2.63. The van der Waals surface area contributed by atoms with Crippen LogP contribution in [-0.4, -0.2) is 35.8 Å². The Labute approximate surface area is 128 Å². The SMILES string of the molecule is CCOC(=O)c1nc(N2CC(CS)CC2=O)sc1Br. The number of rotatable bonds is 4. The Morgan fingerprint density at radius 2 is 2.42 bits per heavy atom. The van der Waals surface area contributed by atoms with Crippen LogP contribution in [0.1, 0.15) is 23.8 Å². The lowest BCUT2D eigenvalue weighted by Crippen LogP contribution is -2.24. The number of amides is 1. The molecular formula is C11H13BrN2O3S2. The van der Waals surface area contributed by atoms with Crippen molar-refractivity contribution < 1.29 is 14.3 Å². The third-order valence-corrected chi connectivity index (χ3v) is 4.98. The fourth-order valence-corrected chi connectivity index (χ4v) is 3.56. The van der Waals surface area contributed by atoms with E-state index in [-0.39, 0.29) is 17.5 Å². The van der Waals surface area contributed by atoms with E-state index >= 15 is 0 Å². The lowest BCUT2D eigenvalue weighted by atomic mass is 10.1. The molecule has 0 bridgehead atoms. The number of esters is 1. The van der Waals surface area contributed by atoms with Gasteiger partial charge in [-0.1, -0.05) is 11.3 Å². The van der Waals surface area contributed by atoms with Gasteiger partial charge >= 0.3 is 5.97 Å². The van der Waals surface area contributed by atoms with Gasteiger partial charge in [0.05, 0.1) is 6.61 Å². The zero-order valence-electron chi connectivity index (χ0n) is 10.3. The highest BCUT2D eigenvalue weighted by Crippen LogP contribution is 2.34. The minimum absolute atomic E-state index is 0.0238. The van der Waals surface area contributed by atoms with Crippen molar-refractivity contribution in [3.8, 4) is 0 Å².